The minimum atomic E-state index is -0.995. The van der Waals surface area contributed by atoms with E-state index in [4.69, 9.17) is 16.3 Å². The number of ether oxygens (including phenoxy) is 1. The summed E-state index contributed by atoms with van der Waals surface area (Å²) in [7, 11) is 0. The summed E-state index contributed by atoms with van der Waals surface area (Å²) in [6.07, 6.45) is 7.46. The predicted octanol–water partition coefficient (Wildman–Crippen LogP) is 2.34. The Balaban J connectivity index is 1.46. The zero-order valence-electron chi connectivity index (χ0n) is 17.2. The van der Waals surface area contributed by atoms with Gasteiger partial charge in [0.1, 0.15) is 17.1 Å². The molecular formula is C22H22ClN5O4. The zero-order valence-corrected chi connectivity index (χ0v) is 18.0. The van der Waals surface area contributed by atoms with Gasteiger partial charge in [-0.2, -0.15) is 4.68 Å². The van der Waals surface area contributed by atoms with Crippen LogP contribution in [0.3, 0.4) is 0 Å². The van der Waals surface area contributed by atoms with Crippen LogP contribution in [-0.4, -0.2) is 60.3 Å². The molecule has 1 aliphatic carbocycles. The van der Waals surface area contributed by atoms with Crippen molar-refractivity contribution < 1.29 is 19.4 Å². The summed E-state index contributed by atoms with van der Waals surface area (Å²) in [6, 6.07) is 7.22. The van der Waals surface area contributed by atoms with Crippen molar-refractivity contribution in [1.82, 2.24) is 25.1 Å². The van der Waals surface area contributed by atoms with Crippen molar-refractivity contribution >= 4 is 23.5 Å². The van der Waals surface area contributed by atoms with Gasteiger partial charge in [-0.25, -0.2) is 0 Å². The molecule has 10 heteroatoms. The molecule has 0 unspecified atom stereocenters. The standard InChI is InChI=1S/C22H22ClN5O4/c23-13-4-6-14(7-5-13)28-20(24-25-26-28)21(9-2-1-3-10-21)27-12-22-11-8-15(32-22)16(19(30)31)17(22)18(27)29/h4-8,11,15-17H,1-3,9-10,12H2,(H,30,31)/t15-,16+,17+,22+/m1/s1. The first kappa shape index (κ1) is 19.9. The van der Waals surface area contributed by atoms with Gasteiger partial charge in [0.15, 0.2) is 5.82 Å². The van der Waals surface area contributed by atoms with E-state index >= 15 is 0 Å². The molecule has 3 fully saturated rings. The second-order valence-electron chi connectivity index (χ2n) is 9.15. The summed E-state index contributed by atoms with van der Waals surface area (Å²) in [4.78, 5) is 27.7. The van der Waals surface area contributed by atoms with E-state index < -0.39 is 35.0 Å². The molecule has 2 bridgehead atoms. The number of aliphatic carboxylic acids is 1. The number of halogens is 1. The van der Waals surface area contributed by atoms with Gasteiger partial charge >= 0.3 is 5.97 Å². The highest BCUT2D eigenvalue weighted by molar-refractivity contribution is 6.30. The highest BCUT2D eigenvalue weighted by Gasteiger charge is 2.69. The smallest absolute Gasteiger partial charge is 0.310 e. The molecule has 3 aliphatic heterocycles. The van der Waals surface area contributed by atoms with Crippen molar-refractivity contribution in [2.45, 2.75) is 49.3 Å². The topological polar surface area (TPSA) is 110 Å². The van der Waals surface area contributed by atoms with Crippen molar-refractivity contribution in [3.8, 4) is 5.69 Å². The highest BCUT2D eigenvalue weighted by Crippen LogP contribution is 2.56. The SMILES string of the molecule is O=C(O)[C@@H]1[C@H]2C(=O)N(C3(c4nnnn4-c4ccc(Cl)cc4)CCCCC3)C[C@@]23C=C[C@H]1O3. The lowest BCUT2D eigenvalue weighted by atomic mass is 9.77. The number of likely N-dealkylation sites (tertiary alicyclic amines) is 1. The molecule has 1 spiro atoms. The summed E-state index contributed by atoms with van der Waals surface area (Å²) in [5, 5.41) is 23.0. The number of benzene rings is 1. The van der Waals surface area contributed by atoms with Crippen LogP contribution in [0.4, 0.5) is 0 Å². The Hall–Kier alpha value is -2.78. The molecule has 6 rings (SSSR count). The fourth-order valence-electron chi connectivity index (χ4n) is 6.13. The van der Waals surface area contributed by atoms with Crippen molar-refractivity contribution in [2.75, 3.05) is 6.54 Å². The molecule has 2 saturated heterocycles. The van der Waals surface area contributed by atoms with Crippen LogP contribution in [-0.2, 0) is 19.9 Å². The average Bonchev–Trinajstić information content (AvgIpc) is 3.56. The fourth-order valence-corrected chi connectivity index (χ4v) is 6.25. The third-order valence-corrected chi connectivity index (χ3v) is 7.79. The number of carboxylic acids is 1. The van der Waals surface area contributed by atoms with Crippen LogP contribution in [0, 0.1) is 11.8 Å². The van der Waals surface area contributed by atoms with E-state index in [0.717, 1.165) is 24.9 Å². The molecule has 0 radical (unpaired) electrons. The molecule has 2 aromatic rings. The molecule has 4 heterocycles. The van der Waals surface area contributed by atoms with Gasteiger partial charge in [-0.1, -0.05) is 43.0 Å². The molecule has 32 heavy (non-hydrogen) atoms. The fraction of sp³-hybridized carbons (Fsp3) is 0.500. The summed E-state index contributed by atoms with van der Waals surface area (Å²) >= 11 is 6.06. The summed E-state index contributed by atoms with van der Waals surface area (Å²) in [5.41, 5.74) is -0.867. The Morgan fingerprint density at radius 2 is 1.94 bits per heavy atom. The molecule has 1 saturated carbocycles. The minimum absolute atomic E-state index is 0.184. The van der Waals surface area contributed by atoms with Gasteiger partial charge in [0.05, 0.1) is 24.3 Å². The molecule has 4 aliphatic rings. The number of rotatable bonds is 4. The van der Waals surface area contributed by atoms with E-state index in [-0.39, 0.29) is 5.91 Å². The molecule has 1 aromatic carbocycles. The van der Waals surface area contributed by atoms with Gasteiger partial charge in [0, 0.05) is 5.02 Å². The number of carboxylic acid groups (broad SMARTS) is 1. The highest BCUT2D eigenvalue weighted by atomic mass is 35.5. The van der Waals surface area contributed by atoms with Crippen LogP contribution in [0.5, 0.6) is 0 Å². The third kappa shape index (κ3) is 2.58. The van der Waals surface area contributed by atoms with E-state index in [2.05, 4.69) is 15.5 Å². The monoisotopic (exact) mass is 455 g/mol. The van der Waals surface area contributed by atoms with E-state index in [1.165, 1.54) is 0 Å². The van der Waals surface area contributed by atoms with Gasteiger partial charge in [0.2, 0.25) is 5.91 Å². The number of amides is 1. The maximum absolute atomic E-state index is 13.8. The lowest BCUT2D eigenvalue weighted by molar-refractivity contribution is -0.150. The van der Waals surface area contributed by atoms with Crippen LogP contribution in [0.2, 0.25) is 5.02 Å². The van der Waals surface area contributed by atoms with Crippen LogP contribution in [0.15, 0.2) is 36.4 Å². The Kier molecular flexibility index (Phi) is 4.26. The lowest BCUT2D eigenvalue weighted by Gasteiger charge is -2.44. The first-order valence-electron chi connectivity index (χ1n) is 10.9. The maximum atomic E-state index is 13.8. The Labute approximate surface area is 189 Å². The molecule has 1 amide bonds. The van der Waals surface area contributed by atoms with E-state index in [9.17, 15) is 14.7 Å². The minimum Gasteiger partial charge on any atom is -0.481 e. The lowest BCUT2D eigenvalue weighted by Crippen LogP contribution is -2.52. The normalized spacial score (nSPS) is 32.5. The summed E-state index contributed by atoms with van der Waals surface area (Å²) in [6.45, 7) is 0.306. The summed E-state index contributed by atoms with van der Waals surface area (Å²) in [5.74, 6) is -2.18. The molecule has 1 aromatic heterocycles. The van der Waals surface area contributed by atoms with Crippen LogP contribution in [0.25, 0.3) is 5.69 Å². The first-order chi connectivity index (χ1) is 15.5. The molecule has 4 atom stereocenters. The van der Waals surface area contributed by atoms with Crippen molar-refractivity contribution in [3.05, 3.63) is 47.3 Å². The Morgan fingerprint density at radius 1 is 1.19 bits per heavy atom. The number of carbonyl (C=O) groups is 2. The average molecular weight is 456 g/mol. The number of carbonyl (C=O) groups excluding carboxylic acids is 1. The van der Waals surface area contributed by atoms with Crippen molar-refractivity contribution in [3.63, 3.8) is 0 Å². The Bertz CT molecular complexity index is 1130. The van der Waals surface area contributed by atoms with Crippen LogP contribution >= 0.6 is 11.6 Å². The Morgan fingerprint density at radius 3 is 2.66 bits per heavy atom. The quantitative estimate of drug-likeness (QED) is 0.704. The second-order valence-corrected chi connectivity index (χ2v) is 9.58. The maximum Gasteiger partial charge on any atom is 0.310 e. The van der Waals surface area contributed by atoms with Gasteiger partial charge in [0.25, 0.3) is 0 Å². The molecule has 9 nitrogen and oxygen atoms in total. The largest absolute Gasteiger partial charge is 0.481 e. The van der Waals surface area contributed by atoms with Gasteiger partial charge in [-0.3, -0.25) is 9.59 Å². The molecule has 1 N–H and O–H groups in total. The van der Waals surface area contributed by atoms with E-state index in [1.807, 2.05) is 23.1 Å². The van der Waals surface area contributed by atoms with Crippen LogP contribution < -0.4 is 0 Å². The van der Waals surface area contributed by atoms with Crippen molar-refractivity contribution in [1.29, 1.82) is 0 Å². The zero-order chi connectivity index (χ0) is 22.1. The summed E-state index contributed by atoms with van der Waals surface area (Å²) < 4.78 is 7.78. The number of nitrogens with zero attached hydrogens (tertiary/aromatic N) is 5. The van der Waals surface area contributed by atoms with Gasteiger partial charge < -0.3 is 14.7 Å². The number of aromatic nitrogens is 4. The second kappa shape index (κ2) is 6.86. The number of hydrogen-bond donors (Lipinski definition) is 1. The predicted molar refractivity (Wildman–Crippen MR) is 112 cm³/mol. The molecular weight excluding hydrogens is 434 g/mol. The van der Waals surface area contributed by atoms with Crippen molar-refractivity contribution in [2.24, 2.45) is 11.8 Å². The molecule has 166 valence electrons. The van der Waals surface area contributed by atoms with Gasteiger partial charge in [-0.15, -0.1) is 5.10 Å². The number of fused-ring (bicyclic) bond motifs is 1. The van der Waals surface area contributed by atoms with E-state index in [1.54, 1.807) is 22.9 Å². The first-order valence-corrected chi connectivity index (χ1v) is 11.3. The van der Waals surface area contributed by atoms with Gasteiger partial charge in [-0.05, 0) is 47.5 Å². The number of hydrogen-bond acceptors (Lipinski definition) is 6. The van der Waals surface area contributed by atoms with E-state index in [0.29, 0.717) is 30.2 Å². The third-order valence-electron chi connectivity index (χ3n) is 7.54. The number of tetrazole rings is 1. The van der Waals surface area contributed by atoms with Crippen LogP contribution in [0.1, 0.15) is 37.9 Å².